The summed E-state index contributed by atoms with van der Waals surface area (Å²) in [5.41, 5.74) is 3.73. The van der Waals surface area contributed by atoms with E-state index in [9.17, 15) is 9.59 Å². The van der Waals surface area contributed by atoms with E-state index in [1.54, 1.807) is 6.92 Å². The Labute approximate surface area is 114 Å². The van der Waals surface area contributed by atoms with Crippen LogP contribution in [0.3, 0.4) is 0 Å². The molecule has 0 heterocycles. The highest BCUT2D eigenvalue weighted by Gasteiger charge is 2.12. The molecule has 0 aromatic heterocycles. The summed E-state index contributed by atoms with van der Waals surface area (Å²) < 4.78 is 4.80. The first-order valence-corrected chi connectivity index (χ1v) is 6.47. The number of ether oxygens (including phenoxy) is 1. The Morgan fingerprint density at radius 2 is 1.74 bits per heavy atom. The minimum Gasteiger partial charge on any atom is -0.466 e. The summed E-state index contributed by atoms with van der Waals surface area (Å²) in [4.78, 5) is 23.2. The minimum atomic E-state index is -0.292. The number of hydrogen-bond acceptors (Lipinski definition) is 3. The summed E-state index contributed by atoms with van der Waals surface area (Å²) in [6.07, 6.45) is 0.198. The van der Waals surface area contributed by atoms with E-state index in [-0.39, 0.29) is 18.3 Å². The summed E-state index contributed by atoms with van der Waals surface area (Å²) in [6.45, 7) is 8.26. The largest absolute Gasteiger partial charge is 0.466 e. The molecule has 1 rings (SSSR count). The Balaban J connectivity index is 2.62. The molecule has 0 saturated heterocycles. The second-order valence-electron chi connectivity index (χ2n) is 4.58. The highest BCUT2D eigenvalue weighted by molar-refractivity contribution is 5.97. The third-order valence-corrected chi connectivity index (χ3v) is 2.82. The minimum absolute atomic E-state index is 0.140. The molecule has 0 fully saturated rings. The van der Waals surface area contributed by atoms with Gasteiger partial charge in [0.1, 0.15) is 0 Å². The lowest BCUT2D eigenvalue weighted by molar-refractivity contribution is -0.142. The van der Waals surface area contributed by atoms with Gasteiger partial charge in [0.05, 0.1) is 13.0 Å². The van der Waals surface area contributed by atoms with E-state index in [0.717, 1.165) is 16.7 Å². The topological polar surface area (TPSA) is 55.4 Å². The highest BCUT2D eigenvalue weighted by atomic mass is 16.5. The van der Waals surface area contributed by atoms with Crippen LogP contribution in [0.2, 0.25) is 0 Å². The van der Waals surface area contributed by atoms with Crippen LogP contribution in [0.1, 0.15) is 40.4 Å². The van der Waals surface area contributed by atoms with Gasteiger partial charge in [-0.25, -0.2) is 0 Å². The van der Waals surface area contributed by atoms with Crippen molar-refractivity contribution in [2.24, 2.45) is 0 Å². The molecule has 0 radical (unpaired) electrons. The van der Waals surface area contributed by atoms with Crippen molar-refractivity contribution in [3.8, 4) is 0 Å². The van der Waals surface area contributed by atoms with Crippen molar-refractivity contribution in [1.29, 1.82) is 0 Å². The lowest BCUT2D eigenvalue weighted by atomic mass is 9.99. The van der Waals surface area contributed by atoms with E-state index in [2.05, 4.69) is 5.32 Å². The normalized spacial score (nSPS) is 10.1. The molecule has 1 N–H and O–H groups in total. The van der Waals surface area contributed by atoms with Gasteiger partial charge in [-0.15, -0.1) is 0 Å². The summed E-state index contributed by atoms with van der Waals surface area (Å²) >= 11 is 0. The average molecular weight is 263 g/mol. The van der Waals surface area contributed by atoms with Crippen molar-refractivity contribution in [1.82, 2.24) is 5.32 Å². The smallest absolute Gasteiger partial charge is 0.307 e. The zero-order valence-electron chi connectivity index (χ0n) is 12.0. The zero-order chi connectivity index (χ0) is 14.4. The average Bonchev–Trinajstić information content (AvgIpc) is 2.27. The number of esters is 1. The predicted molar refractivity (Wildman–Crippen MR) is 74.2 cm³/mol. The molecule has 0 saturated carbocycles. The zero-order valence-corrected chi connectivity index (χ0v) is 12.0. The van der Waals surface area contributed by atoms with Crippen LogP contribution in [0.5, 0.6) is 0 Å². The Bertz CT molecular complexity index is 457. The van der Waals surface area contributed by atoms with Gasteiger partial charge in [0.15, 0.2) is 0 Å². The fraction of sp³-hybridized carbons (Fsp3) is 0.467. The van der Waals surface area contributed by atoms with Crippen LogP contribution in [0.4, 0.5) is 0 Å². The van der Waals surface area contributed by atoms with Gasteiger partial charge in [0.25, 0.3) is 5.91 Å². The molecule has 0 atom stereocenters. The number of rotatable bonds is 5. The third-order valence-electron chi connectivity index (χ3n) is 2.82. The van der Waals surface area contributed by atoms with E-state index < -0.39 is 0 Å². The number of benzene rings is 1. The maximum absolute atomic E-state index is 12.1. The van der Waals surface area contributed by atoms with Crippen LogP contribution in [0, 0.1) is 20.8 Å². The first-order valence-electron chi connectivity index (χ1n) is 6.47. The molecule has 0 aliphatic heterocycles. The first kappa shape index (κ1) is 15.2. The standard InChI is InChI=1S/C15H21NO3/c1-5-19-13(17)6-7-16-15(18)14-11(3)8-10(2)9-12(14)4/h8-9H,5-7H2,1-4H3,(H,16,18). The Morgan fingerprint density at radius 3 is 2.26 bits per heavy atom. The first-order chi connectivity index (χ1) is 8.95. The number of hydrogen-bond donors (Lipinski definition) is 1. The second-order valence-corrected chi connectivity index (χ2v) is 4.58. The van der Waals surface area contributed by atoms with Gasteiger partial charge in [-0.05, 0) is 38.8 Å². The van der Waals surface area contributed by atoms with Gasteiger partial charge in [-0.2, -0.15) is 0 Å². The molecule has 4 nitrogen and oxygen atoms in total. The van der Waals surface area contributed by atoms with Crippen molar-refractivity contribution in [3.63, 3.8) is 0 Å². The van der Waals surface area contributed by atoms with Gasteiger partial charge < -0.3 is 10.1 Å². The number of carbonyl (C=O) groups is 2. The molecule has 104 valence electrons. The van der Waals surface area contributed by atoms with Crippen LogP contribution in [0.25, 0.3) is 0 Å². The van der Waals surface area contributed by atoms with Crippen LogP contribution >= 0.6 is 0 Å². The molecule has 0 aliphatic carbocycles. The molecule has 1 amide bonds. The van der Waals surface area contributed by atoms with E-state index in [4.69, 9.17) is 4.74 Å². The molecule has 1 aromatic rings. The number of carbonyl (C=O) groups excluding carboxylic acids is 2. The molecule has 19 heavy (non-hydrogen) atoms. The molecule has 0 unspecified atom stereocenters. The van der Waals surface area contributed by atoms with Crippen molar-refractivity contribution in [3.05, 3.63) is 34.4 Å². The van der Waals surface area contributed by atoms with E-state index in [1.165, 1.54) is 0 Å². The summed E-state index contributed by atoms with van der Waals surface area (Å²) in [5, 5.41) is 2.75. The molecular weight excluding hydrogens is 242 g/mol. The SMILES string of the molecule is CCOC(=O)CCNC(=O)c1c(C)cc(C)cc1C. The Kier molecular flexibility index (Phi) is 5.55. The van der Waals surface area contributed by atoms with E-state index in [1.807, 2.05) is 32.9 Å². The van der Waals surface area contributed by atoms with Crippen LogP contribution in [-0.2, 0) is 9.53 Å². The fourth-order valence-corrected chi connectivity index (χ4v) is 2.14. The summed E-state index contributed by atoms with van der Waals surface area (Å²) in [6, 6.07) is 3.96. The second kappa shape index (κ2) is 6.92. The molecule has 0 spiro atoms. The molecule has 0 aliphatic rings. The van der Waals surface area contributed by atoms with Crippen molar-refractivity contribution in [2.75, 3.05) is 13.2 Å². The number of nitrogens with one attached hydrogen (secondary N) is 1. The van der Waals surface area contributed by atoms with Crippen LogP contribution in [-0.4, -0.2) is 25.0 Å². The predicted octanol–water partition coefficient (Wildman–Crippen LogP) is 2.29. The summed E-state index contributed by atoms with van der Waals surface area (Å²) in [5.74, 6) is -0.431. The van der Waals surface area contributed by atoms with Gasteiger partial charge in [0, 0.05) is 12.1 Å². The van der Waals surface area contributed by atoms with Crippen molar-refractivity contribution in [2.45, 2.75) is 34.1 Å². The van der Waals surface area contributed by atoms with Gasteiger partial charge in [-0.1, -0.05) is 17.7 Å². The number of amides is 1. The van der Waals surface area contributed by atoms with Crippen molar-refractivity contribution >= 4 is 11.9 Å². The van der Waals surface area contributed by atoms with Crippen molar-refractivity contribution < 1.29 is 14.3 Å². The number of aryl methyl sites for hydroxylation is 3. The monoisotopic (exact) mass is 263 g/mol. The van der Waals surface area contributed by atoms with Gasteiger partial charge >= 0.3 is 5.97 Å². The maximum atomic E-state index is 12.1. The molecule has 0 bridgehead atoms. The maximum Gasteiger partial charge on any atom is 0.307 e. The highest BCUT2D eigenvalue weighted by Crippen LogP contribution is 2.16. The van der Waals surface area contributed by atoms with E-state index >= 15 is 0 Å². The lowest BCUT2D eigenvalue weighted by Gasteiger charge is -2.11. The van der Waals surface area contributed by atoms with Gasteiger partial charge in [0.2, 0.25) is 0 Å². The van der Waals surface area contributed by atoms with Crippen LogP contribution < -0.4 is 5.32 Å². The van der Waals surface area contributed by atoms with Crippen LogP contribution in [0.15, 0.2) is 12.1 Å². The lowest BCUT2D eigenvalue weighted by Crippen LogP contribution is -2.27. The Hall–Kier alpha value is -1.84. The summed E-state index contributed by atoms with van der Waals surface area (Å²) in [7, 11) is 0. The van der Waals surface area contributed by atoms with E-state index in [0.29, 0.717) is 18.7 Å². The Morgan fingerprint density at radius 1 is 1.16 bits per heavy atom. The fourth-order valence-electron chi connectivity index (χ4n) is 2.14. The molecule has 1 aromatic carbocycles. The molecular formula is C15H21NO3. The van der Waals surface area contributed by atoms with Gasteiger partial charge in [-0.3, -0.25) is 9.59 Å². The quantitative estimate of drug-likeness (QED) is 0.829. The third kappa shape index (κ3) is 4.39. The molecule has 4 heteroatoms.